The standard InChI is InChI=1S/C37H24N2O/c40-37(28-15-14-25-8-4-5-9-27(25)24-28)26-16-18-30(19-17-26)39-34-13-7-6-12-31(34)36-32-22-23-38(29-10-2-1-3-11-29)33(32)20-21-35(36)39/h1-24H. The summed E-state index contributed by atoms with van der Waals surface area (Å²) in [5, 5.41) is 5.88. The number of carbonyl (C=O) groups is 1. The Balaban J connectivity index is 1.25. The van der Waals surface area contributed by atoms with E-state index in [2.05, 4.69) is 100 Å². The number of rotatable bonds is 4. The predicted octanol–water partition coefficient (Wildman–Crippen LogP) is 9.11. The van der Waals surface area contributed by atoms with Gasteiger partial charge in [0.2, 0.25) is 0 Å². The molecule has 0 amide bonds. The zero-order chi connectivity index (χ0) is 26.6. The number of hydrogen-bond donors (Lipinski definition) is 0. The number of fused-ring (bicyclic) bond motifs is 6. The van der Waals surface area contributed by atoms with Crippen molar-refractivity contribution in [1.29, 1.82) is 0 Å². The molecule has 0 spiro atoms. The van der Waals surface area contributed by atoms with Crippen LogP contribution in [0.25, 0.3) is 54.9 Å². The normalized spacial score (nSPS) is 11.6. The van der Waals surface area contributed by atoms with Gasteiger partial charge >= 0.3 is 0 Å². The van der Waals surface area contributed by atoms with E-state index < -0.39 is 0 Å². The average molecular weight is 513 g/mol. The maximum absolute atomic E-state index is 13.4. The van der Waals surface area contributed by atoms with Crippen molar-refractivity contribution in [1.82, 2.24) is 9.13 Å². The van der Waals surface area contributed by atoms with Gasteiger partial charge in [-0.2, -0.15) is 0 Å². The van der Waals surface area contributed by atoms with Crippen LogP contribution in [0.3, 0.4) is 0 Å². The molecule has 0 N–H and O–H groups in total. The summed E-state index contributed by atoms with van der Waals surface area (Å²) in [4.78, 5) is 13.4. The van der Waals surface area contributed by atoms with Crippen LogP contribution >= 0.6 is 0 Å². The van der Waals surface area contributed by atoms with Gasteiger partial charge in [0.1, 0.15) is 0 Å². The lowest BCUT2D eigenvalue weighted by molar-refractivity contribution is 0.103. The Morgan fingerprint density at radius 1 is 0.475 bits per heavy atom. The van der Waals surface area contributed by atoms with E-state index in [0.717, 1.165) is 33.2 Å². The van der Waals surface area contributed by atoms with Crippen LogP contribution in [0.5, 0.6) is 0 Å². The van der Waals surface area contributed by atoms with Crippen molar-refractivity contribution in [3.05, 3.63) is 157 Å². The highest BCUT2D eigenvalue weighted by Crippen LogP contribution is 2.38. The van der Waals surface area contributed by atoms with Crippen molar-refractivity contribution in [3.8, 4) is 11.4 Å². The molecule has 188 valence electrons. The van der Waals surface area contributed by atoms with Gasteiger partial charge < -0.3 is 9.13 Å². The van der Waals surface area contributed by atoms with Crippen molar-refractivity contribution in [2.45, 2.75) is 0 Å². The molecule has 40 heavy (non-hydrogen) atoms. The fourth-order valence-corrected chi connectivity index (χ4v) is 6.04. The minimum absolute atomic E-state index is 0.0310. The summed E-state index contributed by atoms with van der Waals surface area (Å²) < 4.78 is 4.54. The van der Waals surface area contributed by atoms with Gasteiger partial charge in [0.25, 0.3) is 0 Å². The first-order chi connectivity index (χ1) is 19.8. The number of para-hydroxylation sites is 2. The summed E-state index contributed by atoms with van der Waals surface area (Å²) in [6.07, 6.45) is 2.15. The maximum Gasteiger partial charge on any atom is 0.193 e. The Morgan fingerprint density at radius 2 is 1.15 bits per heavy atom. The highest BCUT2D eigenvalue weighted by atomic mass is 16.1. The first-order valence-corrected chi connectivity index (χ1v) is 13.5. The quantitative estimate of drug-likeness (QED) is 0.216. The minimum atomic E-state index is 0.0310. The topological polar surface area (TPSA) is 26.9 Å². The number of hydrogen-bond acceptors (Lipinski definition) is 1. The van der Waals surface area contributed by atoms with Crippen LogP contribution < -0.4 is 0 Å². The van der Waals surface area contributed by atoms with Crippen molar-refractivity contribution in [2.24, 2.45) is 0 Å². The SMILES string of the molecule is O=C(c1ccc(-n2c3ccccc3c3c4ccn(-c5ccccc5)c4ccc32)cc1)c1ccc2ccccc2c1. The van der Waals surface area contributed by atoms with Crippen LogP contribution in [0, 0.1) is 0 Å². The summed E-state index contributed by atoms with van der Waals surface area (Å²) in [5.41, 5.74) is 7.03. The summed E-state index contributed by atoms with van der Waals surface area (Å²) >= 11 is 0. The Hall–Kier alpha value is -5.41. The Morgan fingerprint density at radius 3 is 2.00 bits per heavy atom. The molecule has 0 fully saturated rings. The first-order valence-electron chi connectivity index (χ1n) is 13.5. The van der Waals surface area contributed by atoms with Crippen LogP contribution in [-0.4, -0.2) is 14.9 Å². The molecule has 0 radical (unpaired) electrons. The molecule has 0 saturated carbocycles. The monoisotopic (exact) mass is 512 g/mol. The molecule has 2 heterocycles. The second kappa shape index (κ2) is 8.82. The third-order valence-electron chi connectivity index (χ3n) is 7.94. The second-order valence-corrected chi connectivity index (χ2v) is 10.2. The molecule has 0 atom stereocenters. The van der Waals surface area contributed by atoms with E-state index in [-0.39, 0.29) is 5.78 Å². The highest BCUT2D eigenvalue weighted by molar-refractivity contribution is 6.21. The van der Waals surface area contributed by atoms with Crippen molar-refractivity contribution >= 4 is 49.3 Å². The van der Waals surface area contributed by atoms with Crippen LogP contribution in [0.4, 0.5) is 0 Å². The van der Waals surface area contributed by atoms with Gasteiger partial charge in [-0.3, -0.25) is 4.79 Å². The number of aromatic nitrogens is 2. The molecule has 0 bridgehead atoms. The summed E-state index contributed by atoms with van der Waals surface area (Å²) in [6.45, 7) is 0. The lowest BCUT2D eigenvalue weighted by Gasteiger charge is -2.10. The number of nitrogens with zero attached hydrogens (tertiary/aromatic N) is 2. The molecule has 8 rings (SSSR count). The third kappa shape index (κ3) is 3.41. The van der Waals surface area contributed by atoms with Crippen LogP contribution in [0.15, 0.2) is 146 Å². The van der Waals surface area contributed by atoms with E-state index in [1.807, 2.05) is 54.6 Å². The van der Waals surface area contributed by atoms with Gasteiger partial charge in [0, 0.05) is 44.9 Å². The molecule has 8 aromatic rings. The fourth-order valence-electron chi connectivity index (χ4n) is 6.04. The number of carbonyl (C=O) groups excluding carboxylic acids is 1. The third-order valence-corrected chi connectivity index (χ3v) is 7.94. The highest BCUT2D eigenvalue weighted by Gasteiger charge is 2.17. The maximum atomic E-state index is 13.4. The van der Waals surface area contributed by atoms with Gasteiger partial charge in [-0.15, -0.1) is 0 Å². The molecule has 0 saturated heterocycles. The number of benzene rings is 6. The summed E-state index contributed by atoms with van der Waals surface area (Å²) in [7, 11) is 0. The minimum Gasteiger partial charge on any atom is -0.317 e. The van der Waals surface area contributed by atoms with Gasteiger partial charge in [-0.1, -0.05) is 72.8 Å². The Labute approximate surface area is 231 Å². The molecule has 0 aliphatic rings. The molecule has 0 aliphatic heterocycles. The molecular formula is C37H24N2O. The zero-order valence-electron chi connectivity index (χ0n) is 21.7. The van der Waals surface area contributed by atoms with Crippen molar-refractivity contribution < 1.29 is 4.79 Å². The van der Waals surface area contributed by atoms with E-state index in [1.165, 1.54) is 21.7 Å². The van der Waals surface area contributed by atoms with Crippen molar-refractivity contribution in [3.63, 3.8) is 0 Å². The van der Waals surface area contributed by atoms with Crippen LogP contribution in [-0.2, 0) is 0 Å². The van der Waals surface area contributed by atoms with Gasteiger partial charge in [0.05, 0.1) is 16.6 Å². The van der Waals surface area contributed by atoms with Crippen LogP contribution in [0.2, 0.25) is 0 Å². The number of ketones is 1. The summed E-state index contributed by atoms with van der Waals surface area (Å²) in [5.74, 6) is 0.0310. The van der Waals surface area contributed by atoms with E-state index >= 15 is 0 Å². The van der Waals surface area contributed by atoms with Gasteiger partial charge in [0.15, 0.2) is 5.78 Å². The lowest BCUT2D eigenvalue weighted by Crippen LogP contribution is -2.02. The average Bonchev–Trinajstić information content (AvgIpc) is 3.60. The molecule has 0 aliphatic carbocycles. The predicted molar refractivity (Wildman–Crippen MR) is 165 cm³/mol. The smallest absolute Gasteiger partial charge is 0.193 e. The zero-order valence-corrected chi connectivity index (χ0v) is 21.7. The van der Waals surface area contributed by atoms with E-state index in [0.29, 0.717) is 11.1 Å². The summed E-state index contributed by atoms with van der Waals surface area (Å²) in [6, 6.07) is 47.7. The molecule has 3 heteroatoms. The molecule has 6 aromatic carbocycles. The molecular weight excluding hydrogens is 488 g/mol. The molecule has 3 nitrogen and oxygen atoms in total. The first kappa shape index (κ1) is 22.6. The van der Waals surface area contributed by atoms with Gasteiger partial charge in [-0.05, 0) is 77.5 Å². The largest absolute Gasteiger partial charge is 0.317 e. The van der Waals surface area contributed by atoms with Crippen LogP contribution in [0.1, 0.15) is 15.9 Å². The van der Waals surface area contributed by atoms with E-state index in [4.69, 9.17) is 0 Å². The lowest BCUT2D eigenvalue weighted by atomic mass is 10.00. The molecule has 0 unspecified atom stereocenters. The van der Waals surface area contributed by atoms with E-state index in [9.17, 15) is 4.79 Å². The Bertz CT molecular complexity index is 2220. The van der Waals surface area contributed by atoms with E-state index in [1.54, 1.807) is 0 Å². The Kier molecular flexibility index (Phi) is 4.98. The van der Waals surface area contributed by atoms with Crippen molar-refractivity contribution in [2.75, 3.05) is 0 Å². The van der Waals surface area contributed by atoms with Gasteiger partial charge in [-0.25, -0.2) is 0 Å². The fraction of sp³-hybridized carbons (Fsp3) is 0. The molecule has 2 aromatic heterocycles. The second-order valence-electron chi connectivity index (χ2n) is 10.2.